The summed E-state index contributed by atoms with van der Waals surface area (Å²) in [5.74, 6) is -0.0290. The van der Waals surface area contributed by atoms with E-state index in [9.17, 15) is 4.79 Å². The smallest absolute Gasteiger partial charge is 0.311 e. The van der Waals surface area contributed by atoms with Gasteiger partial charge in [-0.25, -0.2) is 0 Å². The van der Waals surface area contributed by atoms with Crippen LogP contribution in [0.1, 0.15) is 33.1 Å². The van der Waals surface area contributed by atoms with Crippen LogP contribution < -0.4 is 5.32 Å². The van der Waals surface area contributed by atoms with E-state index in [0.717, 1.165) is 32.4 Å². The van der Waals surface area contributed by atoms with Crippen molar-refractivity contribution in [3.05, 3.63) is 0 Å². The van der Waals surface area contributed by atoms with Gasteiger partial charge >= 0.3 is 5.97 Å². The zero-order chi connectivity index (χ0) is 9.73. The lowest BCUT2D eigenvalue weighted by atomic mass is 9.83. The van der Waals surface area contributed by atoms with Crippen molar-refractivity contribution >= 4 is 5.97 Å². The first-order valence-corrected chi connectivity index (χ1v) is 5.07. The molecule has 0 aromatic heterocycles. The Hall–Kier alpha value is -0.570. The number of esters is 1. The van der Waals surface area contributed by atoms with Crippen LogP contribution in [0.25, 0.3) is 0 Å². The number of carbonyl (C=O) groups is 1. The summed E-state index contributed by atoms with van der Waals surface area (Å²) in [6.45, 7) is 6.31. The third-order valence-corrected chi connectivity index (χ3v) is 2.70. The molecule has 76 valence electrons. The van der Waals surface area contributed by atoms with Crippen LogP contribution in [0, 0.1) is 5.41 Å². The summed E-state index contributed by atoms with van der Waals surface area (Å²) >= 11 is 0. The summed E-state index contributed by atoms with van der Waals surface area (Å²) in [6.07, 6.45) is 2.90. The fraction of sp³-hybridized carbons (Fsp3) is 0.900. The van der Waals surface area contributed by atoms with Gasteiger partial charge in [0.05, 0.1) is 12.0 Å². The van der Waals surface area contributed by atoms with E-state index in [2.05, 4.69) is 5.32 Å². The van der Waals surface area contributed by atoms with Crippen LogP contribution in [0.3, 0.4) is 0 Å². The molecule has 13 heavy (non-hydrogen) atoms. The molecule has 0 radical (unpaired) electrons. The Balaban J connectivity index is 2.55. The van der Waals surface area contributed by atoms with Gasteiger partial charge in [-0.3, -0.25) is 4.79 Å². The van der Waals surface area contributed by atoms with Gasteiger partial charge < -0.3 is 10.1 Å². The molecular weight excluding hydrogens is 166 g/mol. The molecule has 0 bridgehead atoms. The van der Waals surface area contributed by atoms with Crippen LogP contribution in [-0.2, 0) is 9.53 Å². The minimum Gasteiger partial charge on any atom is -0.466 e. The Labute approximate surface area is 79.8 Å². The molecule has 1 rings (SSSR count). The summed E-state index contributed by atoms with van der Waals surface area (Å²) in [5, 5.41) is 3.29. The minimum atomic E-state index is -0.250. The van der Waals surface area contributed by atoms with Gasteiger partial charge in [-0.1, -0.05) is 0 Å². The molecule has 1 unspecified atom stereocenters. The van der Waals surface area contributed by atoms with Crippen molar-refractivity contribution in [3.63, 3.8) is 0 Å². The maximum absolute atomic E-state index is 11.6. The molecule has 1 fully saturated rings. The largest absolute Gasteiger partial charge is 0.466 e. The van der Waals surface area contributed by atoms with Gasteiger partial charge in [0.15, 0.2) is 0 Å². The second-order valence-electron chi connectivity index (χ2n) is 3.88. The van der Waals surface area contributed by atoms with Crippen molar-refractivity contribution in [3.8, 4) is 0 Å². The number of nitrogens with one attached hydrogen (secondary N) is 1. The predicted molar refractivity (Wildman–Crippen MR) is 51.5 cm³/mol. The third-order valence-electron chi connectivity index (χ3n) is 2.70. The highest BCUT2D eigenvalue weighted by atomic mass is 16.5. The number of hydrogen-bond acceptors (Lipinski definition) is 3. The van der Waals surface area contributed by atoms with Gasteiger partial charge in [0.25, 0.3) is 0 Å². The van der Waals surface area contributed by atoms with Gasteiger partial charge in [-0.05, 0) is 46.2 Å². The zero-order valence-electron chi connectivity index (χ0n) is 8.56. The van der Waals surface area contributed by atoms with Gasteiger partial charge in [0, 0.05) is 0 Å². The van der Waals surface area contributed by atoms with E-state index in [0.29, 0.717) is 6.61 Å². The molecule has 0 spiro atoms. The Morgan fingerprint density at radius 1 is 1.46 bits per heavy atom. The van der Waals surface area contributed by atoms with Crippen molar-refractivity contribution in [2.24, 2.45) is 5.41 Å². The van der Waals surface area contributed by atoms with Gasteiger partial charge in [0.1, 0.15) is 0 Å². The molecule has 1 N–H and O–H groups in total. The van der Waals surface area contributed by atoms with Crippen molar-refractivity contribution < 1.29 is 9.53 Å². The standard InChI is InChI=1S/C10H19NO2/c1-3-13-9(12)10(2)5-4-7-11-8-6-10/h11H,3-8H2,1-2H3. The van der Waals surface area contributed by atoms with Crippen molar-refractivity contribution in [1.82, 2.24) is 5.32 Å². The van der Waals surface area contributed by atoms with Crippen molar-refractivity contribution in [2.75, 3.05) is 19.7 Å². The fourth-order valence-corrected chi connectivity index (χ4v) is 1.73. The van der Waals surface area contributed by atoms with Crippen LogP contribution in [0.15, 0.2) is 0 Å². The van der Waals surface area contributed by atoms with Crippen LogP contribution >= 0.6 is 0 Å². The predicted octanol–water partition coefficient (Wildman–Crippen LogP) is 1.33. The zero-order valence-corrected chi connectivity index (χ0v) is 8.56. The summed E-state index contributed by atoms with van der Waals surface area (Å²) in [4.78, 5) is 11.6. The third kappa shape index (κ3) is 2.69. The molecular formula is C10H19NO2. The van der Waals surface area contributed by atoms with E-state index >= 15 is 0 Å². The average Bonchev–Trinajstić information content (AvgIpc) is 2.32. The van der Waals surface area contributed by atoms with E-state index in [1.165, 1.54) is 0 Å². The quantitative estimate of drug-likeness (QED) is 0.660. The van der Waals surface area contributed by atoms with Crippen LogP contribution in [0.4, 0.5) is 0 Å². The second kappa shape index (κ2) is 4.61. The summed E-state index contributed by atoms with van der Waals surface area (Å²) in [7, 11) is 0. The molecule has 3 nitrogen and oxygen atoms in total. The summed E-state index contributed by atoms with van der Waals surface area (Å²) in [6, 6.07) is 0. The van der Waals surface area contributed by atoms with E-state index < -0.39 is 0 Å². The van der Waals surface area contributed by atoms with Gasteiger partial charge in [0.2, 0.25) is 0 Å². The normalized spacial score (nSPS) is 29.4. The molecule has 3 heteroatoms. The maximum atomic E-state index is 11.6. The van der Waals surface area contributed by atoms with Crippen LogP contribution in [-0.4, -0.2) is 25.7 Å². The lowest BCUT2D eigenvalue weighted by Crippen LogP contribution is -2.30. The average molecular weight is 185 g/mol. The molecule has 0 saturated carbocycles. The number of ether oxygens (including phenoxy) is 1. The highest BCUT2D eigenvalue weighted by Crippen LogP contribution is 2.30. The molecule has 1 aliphatic heterocycles. The number of carbonyl (C=O) groups excluding carboxylic acids is 1. The Morgan fingerprint density at radius 2 is 2.23 bits per heavy atom. The Morgan fingerprint density at radius 3 is 2.92 bits per heavy atom. The van der Waals surface area contributed by atoms with Gasteiger partial charge in [-0.2, -0.15) is 0 Å². The second-order valence-corrected chi connectivity index (χ2v) is 3.88. The van der Waals surface area contributed by atoms with E-state index in [1.807, 2.05) is 13.8 Å². The molecule has 0 aliphatic carbocycles. The summed E-state index contributed by atoms with van der Waals surface area (Å²) in [5.41, 5.74) is -0.250. The Kier molecular flexibility index (Phi) is 3.72. The molecule has 1 atom stereocenters. The molecule has 0 aromatic carbocycles. The summed E-state index contributed by atoms with van der Waals surface area (Å²) < 4.78 is 5.07. The van der Waals surface area contributed by atoms with Crippen LogP contribution in [0.5, 0.6) is 0 Å². The lowest BCUT2D eigenvalue weighted by molar-refractivity contribution is -0.155. The molecule has 1 heterocycles. The first kappa shape index (κ1) is 10.5. The highest BCUT2D eigenvalue weighted by Gasteiger charge is 2.34. The van der Waals surface area contributed by atoms with E-state index in [4.69, 9.17) is 4.74 Å². The maximum Gasteiger partial charge on any atom is 0.311 e. The van der Waals surface area contributed by atoms with Crippen molar-refractivity contribution in [2.45, 2.75) is 33.1 Å². The fourth-order valence-electron chi connectivity index (χ4n) is 1.73. The molecule has 1 aliphatic rings. The van der Waals surface area contributed by atoms with E-state index in [-0.39, 0.29) is 11.4 Å². The Bertz CT molecular complexity index is 172. The minimum absolute atomic E-state index is 0.0290. The first-order chi connectivity index (χ1) is 6.19. The van der Waals surface area contributed by atoms with Crippen LogP contribution in [0.2, 0.25) is 0 Å². The monoisotopic (exact) mass is 185 g/mol. The molecule has 1 saturated heterocycles. The topological polar surface area (TPSA) is 38.3 Å². The molecule has 0 aromatic rings. The number of hydrogen-bond donors (Lipinski definition) is 1. The first-order valence-electron chi connectivity index (χ1n) is 5.07. The highest BCUT2D eigenvalue weighted by molar-refractivity contribution is 5.76. The van der Waals surface area contributed by atoms with Gasteiger partial charge in [-0.15, -0.1) is 0 Å². The van der Waals surface area contributed by atoms with Crippen molar-refractivity contribution in [1.29, 1.82) is 0 Å². The number of rotatable bonds is 2. The SMILES string of the molecule is CCOC(=O)C1(C)CCCNCC1. The molecule has 0 amide bonds. The van der Waals surface area contributed by atoms with E-state index in [1.54, 1.807) is 0 Å². The lowest BCUT2D eigenvalue weighted by Gasteiger charge is -2.24.